The molecule has 0 bridgehead atoms. The molecule has 2 fully saturated rings. The number of terminal acetylenes is 1. The Bertz CT molecular complexity index is 235. The van der Waals surface area contributed by atoms with Crippen LogP contribution in [0.15, 0.2) is 0 Å². The molecule has 1 aliphatic carbocycles. The highest BCUT2D eigenvalue weighted by Crippen LogP contribution is 2.58. The summed E-state index contributed by atoms with van der Waals surface area (Å²) >= 11 is 0. The molecule has 14 heavy (non-hydrogen) atoms. The molecule has 1 N–H and O–H groups in total. The zero-order valence-electron chi connectivity index (χ0n) is 9.05. The van der Waals surface area contributed by atoms with Gasteiger partial charge in [0.2, 0.25) is 0 Å². The molecule has 0 radical (unpaired) electrons. The first kappa shape index (κ1) is 10.0. The van der Waals surface area contributed by atoms with Crippen molar-refractivity contribution in [2.75, 3.05) is 33.2 Å². The predicted octanol–water partition coefficient (Wildman–Crippen LogP) is 0.941. The van der Waals surface area contributed by atoms with Crippen molar-refractivity contribution < 1.29 is 0 Å². The fourth-order valence-electron chi connectivity index (χ4n) is 2.82. The molecule has 2 nitrogen and oxygen atoms in total. The van der Waals surface area contributed by atoms with E-state index in [0.717, 1.165) is 12.5 Å². The molecule has 1 saturated carbocycles. The van der Waals surface area contributed by atoms with Crippen LogP contribution in [0.3, 0.4) is 0 Å². The van der Waals surface area contributed by atoms with E-state index in [1.54, 1.807) is 0 Å². The molecule has 0 aromatic carbocycles. The van der Waals surface area contributed by atoms with Gasteiger partial charge in [0.1, 0.15) is 0 Å². The molecule has 2 rings (SSSR count). The first-order valence-electron chi connectivity index (χ1n) is 5.59. The number of nitrogens with one attached hydrogen (secondary N) is 1. The first-order chi connectivity index (χ1) is 6.77. The number of hydrogen-bond donors (Lipinski definition) is 1. The van der Waals surface area contributed by atoms with Crippen LogP contribution >= 0.6 is 0 Å². The van der Waals surface area contributed by atoms with E-state index < -0.39 is 0 Å². The lowest BCUT2D eigenvalue weighted by molar-refractivity contribution is 0.276. The molecular formula is C12H20N2. The summed E-state index contributed by atoms with van der Waals surface area (Å²) in [5, 5.41) is 3.43. The molecule has 78 valence electrons. The second-order valence-electron chi connectivity index (χ2n) is 4.91. The van der Waals surface area contributed by atoms with Gasteiger partial charge in [-0.25, -0.2) is 0 Å². The van der Waals surface area contributed by atoms with Crippen molar-refractivity contribution in [3.8, 4) is 12.3 Å². The van der Waals surface area contributed by atoms with Gasteiger partial charge in [0.15, 0.2) is 0 Å². The summed E-state index contributed by atoms with van der Waals surface area (Å²) < 4.78 is 0. The van der Waals surface area contributed by atoms with Crippen LogP contribution in [0.1, 0.15) is 19.3 Å². The fraction of sp³-hybridized carbons (Fsp3) is 0.833. The first-order valence-corrected chi connectivity index (χ1v) is 5.59. The van der Waals surface area contributed by atoms with E-state index in [1.165, 1.54) is 38.9 Å². The zero-order valence-corrected chi connectivity index (χ0v) is 9.05. The lowest BCUT2D eigenvalue weighted by Crippen LogP contribution is -2.31. The predicted molar refractivity (Wildman–Crippen MR) is 59.0 cm³/mol. The molecule has 1 heterocycles. The minimum atomic E-state index is 0.702. The Morgan fingerprint density at radius 3 is 2.86 bits per heavy atom. The third kappa shape index (κ3) is 1.94. The average Bonchev–Trinajstić information content (AvgIpc) is 2.79. The molecule has 2 heteroatoms. The summed E-state index contributed by atoms with van der Waals surface area (Å²) in [6.07, 6.45) is 9.48. The van der Waals surface area contributed by atoms with Crippen LogP contribution < -0.4 is 5.32 Å². The van der Waals surface area contributed by atoms with Crippen molar-refractivity contribution in [3.63, 3.8) is 0 Å². The molecule has 0 amide bonds. The van der Waals surface area contributed by atoms with Gasteiger partial charge >= 0.3 is 0 Å². The van der Waals surface area contributed by atoms with Gasteiger partial charge in [-0.2, -0.15) is 0 Å². The topological polar surface area (TPSA) is 15.3 Å². The van der Waals surface area contributed by atoms with E-state index in [-0.39, 0.29) is 0 Å². The smallest absolute Gasteiger partial charge is 0.0596 e. The van der Waals surface area contributed by atoms with Crippen molar-refractivity contribution >= 4 is 0 Å². The Balaban J connectivity index is 1.77. The van der Waals surface area contributed by atoms with Gasteiger partial charge in [-0.3, -0.25) is 4.90 Å². The molecule has 1 unspecified atom stereocenters. The van der Waals surface area contributed by atoms with Gasteiger partial charge in [-0.15, -0.1) is 6.42 Å². The standard InChI is InChI=1S/C12H20N2/c1-3-8-14(2)10-11-9-12(11)4-6-13-7-5-12/h1,11,13H,4-10H2,2H3. The number of hydrogen-bond acceptors (Lipinski definition) is 2. The van der Waals surface area contributed by atoms with Gasteiger partial charge < -0.3 is 5.32 Å². The molecular weight excluding hydrogens is 172 g/mol. The van der Waals surface area contributed by atoms with Gasteiger partial charge in [0.25, 0.3) is 0 Å². The normalized spacial score (nSPS) is 29.1. The number of rotatable bonds is 3. The van der Waals surface area contributed by atoms with Crippen molar-refractivity contribution in [1.29, 1.82) is 0 Å². The Morgan fingerprint density at radius 2 is 2.21 bits per heavy atom. The second-order valence-corrected chi connectivity index (χ2v) is 4.91. The minimum Gasteiger partial charge on any atom is -0.317 e. The van der Waals surface area contributed by atoms with Crippen molar-refractivity contribution in [2.24, 2.45) is 11.3 Å². The van der Waals surface area contributed by atoms with E-state index >= 15 is 0 Å². The third-order valence-electron chi connectivity index (χ3n) is 3.85. The van der Waals surface area contributed by atoms with Crippen molar-refractivity contribution in [3.05, 3.63) is 0 Å². The molecule has 0 aromatic rings. The highest BCUT2D eigenvalue weighted by atomic mass is 15.1. The van der Waals surface area contributed by atoms with E-state index in [9.17, 15) is 0 Å². The maximum Gasteiger partial charge on any atom is 0.0596 e. The van der Waals surface area contributed by atoms with Crippen LogP contribution in [0.5, 0.6) is 0 Å². The minimum absolute atomic E-state index is 0.702. The lowest BCUT2D eigenvalue weighted by atomic mass is 9.92. The summed E-state index contributed by atoms with van der Waals surface area (Å²) in [6, 6.07) is 0. The number of nitrogens with zero attached hydrogens (tertiary/aromatic N) is 1. The van der Waals surface area contributed by atoms with Gasteiger partial charge in [0.05, 0.1) is 6.54 Å². The highest BCUT2D eigenvalue weighted by Gasteiger charge is 2.53. The Morgan fingerprint density at radius 1 is 1.50 bits per heavy atom. The Hall–Kier alpha value is -0.520. The van der Waals surface area contributed by atoms with Crippen molar-refractivity contribution in [1.82, 2.24) is 10.2 Å². The molecule has 2 aliphatic rings. The maximum atomic E-state index is 5.29. The maximum absolute atomic E-state index is 5.29. The van der Waals surface area contributed by atoms with Crippen LogP contribution in [0, 0.1) is 23.7 Å². The molecule has 1 atom stereocenters. The van der Waals surface area contributed by atoms with Gasteiger partial charge in [0, 0.05) is 6.54 Å². The van der Waals surface area contributed by atoms with Gasteiger partial charge in [-0.05, 0) is 50.7 Å². The largest absolute Gasteiger partial charge is 0.317 e. The van der Waals surface area contributed by atoms with Crippen LogP contribution in [-0.2, 0) is 0 Å². The average molecular weight is 192 g/mol. The highest BCUT2D eigenvalue weighted by molar-refractivity contribution is 5.05. The monoisotopic (exact) mass is 192 g/mol. The van der Waals surface area contributed by atoms with E-state index in [1.807, 2.05) is 0 Å². The number of piperidine rings is 1. The SMILES string of the molecule is C#CCN(C)CC1CC12CCNCC2. The van der Waals surface area contributed by atoms with E-state index in [4.69, 9.17) is 6.42 Å². The second kappa shape index (κ2) is 3.92. The van der Waals surface area contributed by atoms with Crippen LogP contribution in [0.2, 0.25) is 0 Å². The van der Waals surface area contributed by atoms with Crippen LogP contribution in [-0.4, -0.2) is 38.1 Å². The Kier molecular flexibility index (Phi) is 2.80. The summed E-state index contributed by atoms with van der Waals surface area (Å²) in [4.78, 5) is 2.28. The van der Waals surface area contributed by atoms with Crippen LogP contribution in [0.4, 0.5) is 0 Å². The molecule has 1 saturated heterocycles. The van der Waals surface area contributed by atoms with E-state index in [2.05, 4.69) is 23.2 Å². The zero-order chi connectivity index (χ0) is 10.0. The van der Waals surface area contributed by atoms with Crippen LogP contribution in [0.25, 0.3) is 0 Å². The molecule has 0 aromatic heterocycles. The summed E-state index contributed by atoms with van der Waals surface area (Å²) in [7, 11) is 2.13. The van der Waals surface area contributed by atoms with Gasteiger partial charge in [-0.1, -0.05) is 5.92 Å². The quantitative estimate of drug-likeness (QED) is 0.670. The molecule has 1 aliphatic heterocycles. The lowest BCUT2D eigenvalue weighted by Gasteiger charge is -2.24. The Labute approximate surface area is 87.1 Å². The summed E-state index contributed by atoms with van der Waals surface area (Å²) in [5.74, 6) is 3.62. The van der Waals surface area contributed by atoms with Crippen molar-refractivity contribution in [2.45, 2.75) is 19.3 Å². The summed E-state index contributed by atoms with van der Waals surface area (Å²) in [6.45, 7) is 4.43. The fourth-order valence-corrected chi connectivity index (χ4v) is 2.82. The summed E-state index contributed by atoms with van der Waals surface area (Å²) in [5.41, 5.74) is 0.702. The molecule has 1 spiro atoms. The van der Waals surface area contributed by atoms with E-state index in [0.29, 0.717) is 5.41 Å². The third-order valence-corrected chi connectivity index (χ3v) is 3.85.